The van der Waals surface area contributed by atoms with Gasteiger partial charge in [-0.25, -0.2) is 9.38 Å². The molecule has 0 spiro atoms. The molecular formula is C15H23N9. The Balaban J connectivity index is 1.87. The molecule has 0 aromatic carbocycles. The van der Waals surface area contributed by atoms with E-state index in [0.29, 0.717) is 11.8 Å². The number of nitrogens with zero attached hydrogens (tertiary/aromatic N) is 8. The van der Waals surface area contributed by atoms with Crippen molar-refractivity contribution in [3.63, 3.8) is 0 Å². The van der Waals surface area contributed by atoms with E-state index in [2.05, 4.69) is 55.9 Å². The first-order valence-corrected chi connectivity index (χ1v) is 8.32. The SMILES string of the molecule is CC1CNCCN1c1nc2nncn2c2c1ncn2CCN(C)C. The molecule has 0 saturated carbocycles. The molecule has 0 amide bonds. The number of piperazine rings is 1. The Morgan fingerprint density at radius 3 is 3.00 bits per heavy atom. The molecule has 3 aromatic rings. The van der Waals surface area contributed by atoms with E-state index in [1.807, 2.05) is 10.7 Å². The van der Waals surface area contributed by atoms with Crippen LogP contribution in [0.3, 0.4) is 0 Å². The molecule has 9 heteroatoms. The van der Waals surface area contributed by atoms with Crippen molar-refractivity contribution < 1.29 is 0 Å². The van der Waals surface area contributed by atoms with Crippen molar-refractivity contribution >= 4 is 22.8 Å². The van der Waals surface area contributed by atoms with Crippen LogP contribution < -0.4 is 10.2 Å². The smallest absolute Gasteiger partial charge is 0.258 e. The number of imidazole rings is 1. The third-order valence-corrected chi connectivity index (χ3v) is 4.55. The third-order valence-electron chi connectivity index (χ3n) is 4.55. The van der Waals surface area contributed by atoms with E-state index in [4.69, 9.17) is 4.98 Å². The molecule has 9 nitrogen and oxygen atoms in total. The number of nitrogens with one attached hydrogen (secondary N) is 1. The van der Waals surface area contributed by atoms with E-state index >= 15 is 0 Å². The molecule has 1 saturated heterocycles. The zero-order valence-corrected chi connectivity index (χ0v) is 14.3. The average molecular weight is 329 g/mol. The highest BCUT2D eigenvalue weighted by Gasteiger charge is 2.25. The second kappa shape index (κ2) is 5.99. The highest BCUT2D eigenvalue weighted by Crippen LogP contribution is 2.26. The van der Waals surface area contributed by atoms with Crippen molar-refractivity contribution in [1.82, 2.24) is 39.3 Å². The lowest BCUT2D eigenvalue weighted by atomic mass is 10.2. The molecule has 4 heterocycles. The van der Waals surface area contributed by atoms with E-state index in [9.17, 15) is 0 Å². The summed E-state index contributed by atoms with van der Waals surface area (Å²) in [5.74, 6) is 1.53. The van der Waals surface area contributed by atoms with Crippen LogP contribution in [0.15, 0.2) is 12.7 Å². The molecule has 1 atom stereocenters. The van der Waals surface area contributed by atoms with Gasteiger partial charge in [0.25, 0.3) is 5.78 Å². The van der Waals surface area contributed by atoms with Gasteiger partial charge < -0.3 is 19.7 Å². The van der Waals surface area contributed by atoms with Gasteiger partial charge in [-0.05, 0) is 21.0 Å². The highest BCUT2D eigenvalue weighted by molar-refractivity contribution is 5.86. The maximum atomic E-state index is 4.75. The van der Waals surface area contributed by atoms with E-state index in [1.165, 1.54) is 0 Å². The fraction of sp³-hybridized carbons (Fsp3) is 0.600. The van der Waals surface area contributed by atoms with Crippen molar-refractivity contribution in [1.29, 1.82) is 0 Å². The van der Waals surface area contributed by atoms with Crippen LogP contribution in [0.25, 0.3) is 16.9 Å². The summed E-state index contributed by atoms with van der Waals surface area (Å²) in [6, 6.07) is 0.367. The van der Waals surface area contributed by atoms with Crippen molar-refractivity contribution in [3.05, 3.63) is 12.7 Å². The standard InChI is InChI=1S/C15H23N9/c1-11-8-16-4-5-23(11)13-12-14(24-10-18-20-15(24)19-13)22(9-17-12)7-6-21(2)3/h9-11,16H,4-8H2,1-3H3. The number of anilines is 1. The number of likely N-dealkylation sites (N-methyl/N-ethyl adjacent to an activating group) is 1. The lowest BCUT2D eigenvalue weighted by Crippen LogP contribution is -2.50. The largest absolute Gasteiger partial charge is 0.349 e. The number of aromatic nitrogens is 6. The fourth-order valence-electron chi connectivity index (χ4n) is 3.22. The van der Waals surface area contributed by atoms with Crippen LogP contribution in [0.2, 0.25) is 0 Å². The summed E-state index contributed by atoms with van der Waals surface area (Å²) in [7, 11) is 4.14. The zero-order chi connectivity index (χ0) is 16.7. The average Bonchev–Trinajstić information content (AvgIpc) is 3.19. The second-order valence-electron chi connectivity index (χ2n) is 6.60. The van der Waals surface area contributed by atoms with Gasteiger partial charge >= 0.3 is 0 Å². The van der Waals surface area contributed by atoms with Crippen LogP contribution in [0.5, 0.6) is 0 Å². The van der Waals surface area contributed by atoms with Crippen molar-refractivity contribution in [2.75, 3.05) is 45.2 Å². The predicted molar refractivity (Wildman–Crippen MR) is 92.3 cm³/mol. The Bertz CT molecular complexity index is 849. The maximum Gasteiger partial charge on any atom is 0.258 e. The predicted octanol–water partition coefficient (Wildman–Crippen LogP) is -0.166. The third kappa shape index (κ3) is 2.49. The van der Waals surface area contributed by atoms with Crippen LogP contribution in [0.1, 0.15) is 6.92 Å². The van der Waals surface area contributed by atoms with Gasteiger partial charge in [-0.3, -0.25) is 0 Å². The van der Waals surface area contributed by atoms with Gasteiger partial charge in [0.1, 0.15) is 11.8 Å². The van der Waals surface area contributed by atoms with Crippen LogP contribution in [-0.2, 0) is 6.54 Å². The molecular weight excluding hydrogens is 306 g/mol. The van der Waals surface area contributed by atoms with E-state index in [0.717, 1.165) is 49.7 Å². The maximum absolute atomic E-state index is 4.75. The first-order chi connectivity index (χ1) is 11.6. The Labute approximate surface area is 140 Å². The van der Waals surface area contributed by atoms with Gasteiger partial charge in [-0.15, -0.1) is 10.2 Å². The molecule has 0 aliphatic carbocycles. The minimum atomic E-state index is 0.367. The van der Waals surface area contributed by atoms with Gasteiger partial charge in [-0.1, -0.05) is 0 Å². The molecule has 1 aliphatic rings. The number of hydrogen-bond donors (Lipinski definition) is 1. The first kappa shape index (κ1) is 15.3. The summed E-state index contributed by atoms with van der Waals surface area (Å²) >= 11 is 0. The number of rotatable bonds is 4. The lowest BCUT2D eigenvalue weighted by Gasteiger charge is -2.34. The topological polar surface area (TPSA) is 79.4 Å². The summed E-state index contributed by atoms with van der Waals surface area (Å²) in [6.45, 7) is 6.82. The summed E-state index contributed by atoms with van der Waals surface area (Å²) < 4.78 is 4.08. The van der Waals surface area contributed by atoms with Crippen LogP contribution >= 0.6 is 0 Å². The Morgan fingerprint density at radius 1 is 1.33 bits per heavy atom. The van der Waals surface area contributed by atoms with Gasteiger partial charge in [0.15, 0.2) is 11.5 Å². The molecule has 3 aromatic heterocycles. The van der Waals surface area contributed by atoms with E-state index in [1.54, 1.807) is 6.33 Å². The Morgan fingerprint density at radius 2 is 2.21 bits per heavy atom. The quantitative estimate of drug-likeness (QED) is 0.712. The molecule has 128 valence electrons. The molecule has 0 radical (unpaired) electrons. The lowest BCUT2D eigenvalue weighted by molar-refractivity contribution is 0.386. The Hall–Kier alpha value is -2.26. The first-order valence-electron chi connectivity index (χ1n) is 8.32. The van der Waals surface area contributed by atoms with Crippen molar-refractivity contribution in [3.8, 4) is 0 Å². The van der Waals surface area contributed by atoms with Crippen LogP contribution in [0, 0.1) is 0 Å². The summed E-state index contributed by atoms with van der Waals surface area (Å²) in [5.41, 5.74) is 1.92. The number of hydrogen-bond acceptors (Lipinski definition) is 7. The van der Waals surface area contributed by atoms with Gasteiger partial charge in [0.05, 0.1) is 6.33 Å². The molecule has 1 unspecified atom stereocenters. The van der Waals surface area contributed by atoms with Crippen molar-refractivity contribution in [2.45, 2.75) is 19.5 Å². The van der Waals surface area contributed by atoms with Gasteiger partial charge in [-0.2, -0.15) is 4.98 Å². The van der Waals surface area contributed by atoms with E-state index < -0.39 is 0 Å². The molecule has 1 fully saturated rings. The molecule has 1 N–H and O–H groups in total. The summed E-state index contributed by atoms with van der Waals surface area (Å²) in [5, 5.41) is 11.6. The Kier molecular flexibility index (Phi) is 3.81. The fourth-order valence-corrected chi connectivity index (χ4v) is 3.22. The molecule has 24 heavy (non-hydrogen) atoms. The molecule has 1 aliphatic heterocycles. The minimum absolute atomic E-state index is 0.367. The summed E-state index contributed by atoms with van der Waals surface area (Å²) in [4.78, 5) is 13.9. The van der Waals surface area contributed by atoms with Crippen LogP contribution in [-0.4, -0.2) is 80.3 Å². The molecule has 0 bridgehead atoms. The van der Waals surface area contributed by atoms with Crippen molar-refractivity contribution in [2.24, 2.45) is 0 Å². The zero-order valence-electron chi connectivity index (χ0n) is 14.3. The normalized spacial score (nSPS) is 19.0. The van der Waals surface area contributed by atoms with Gasteiger partial charge in [0.2, 0.25) is 0 Å². The molecule has 4 rings (SSSR count). The van der Waals surface area contributed by atoms with Crippen LogP contribution in [0.4, 0.5) is 5.82 Å². The minimum Gasteiger partial charge on any atom is -0.349 e. The second-order valence-corrected chi connectivity index (χ2v) is 6.60. The van der Waals surface area contributed by atoms with E-state index in [-0.39, 0.29) is 0 Å². The highest BCUT2D eigenvalue weighted by atomic mass is 15.3. The number of fused-ring (bicyclic) bond motifs is 3. The monoisotopic (exact) mass is 329 g/mol. The summed E-state index contributed by atoms with van der Waals surface area (Å²) in [6.07, 6.45) is 3.61. The van der Waals surface area contributed by atoms with Gasteiger partial charge in [0, 0.05) is 38.8 Å².